The molecule has 0 heterocycles. The van der Waals surface area contributed by atoms with Crippen LogP contribution in [0.4, 0.5) is 0 Å². The first-order valence-electron chi connectivity index (χ1n) is 4.97. The highest BCUT2D eigenvalue weighted by molar-refractivity contribution is 7.91. The number of benzene rings is 1. The maximum Gasteiger partial charge on any atom is 0.178 e. The average molecular weight is 238 g/mol. The van der Waals surface area contributed by atoms with Crippen molar-refractivity contribution in [3.8, 4) is 0 Å². The molecule has 4 heteroatoms. The molecule has 0 atom stereocenters. The van der Waals surface area contributed by atoms with Gasteiger partial charge in [0.25, 0.3) is 0 Å². The van der Waals surface area contributed by atoms with Crippen molar-refractivity contribution in [3.63, 3.8) is 0 Å². The number of ketones is 1. The predicted molar refractivity (Wildman–Crippen MR) is 62.9 cm³/mol. The third kappa shape index (κ3) is 3.98. The lowest BCUT2D eigenvalue weighted by Gasteiger charge is -2.01. The van der Waals surface area contributed by atoms with Crippen LogP contribution in [-0.4, -0.2) is 20.0 Å². The molecule has 0 aliphatic heterocycles. The summed E-state index contributed by atoms with van der Waals surface area (Å²) in [6.07, 6.45) is 3.33. The van der Waals surface area contributed by atoms with Gasteiger partial charge in [0.05, 0.1) is 10.6 Å². The summed E-state index contributed by atoms with van der Waals surface area (Å²) < 4.78 is 23.5. The Labute approximate surface area is 95.7 Å². The molecule has 1 aromatic carbocycles. The van der Waals surface area contributed by atoms with E-state index in [1.807, 2.05) is 0 Å². The summed E-state index contributed by atoms with van der Waals surface area (Å²) in [6, 6.07) is 8.30. The molecule has 86 valence electrons. The number of hydrogen-bond donors (Lipinski definition) is 0. The average Bonchev–Trinajstić information content (AvgIpc) is 2.26. The number of allylic oxidation sites excluding steroid dienone is 2. The minimum atomic E-state index is -3.22. The van der Waals surface area contributed by atoms with E-state index in [9.17, 15) is 13.2 Å². The highest BCUT2D eigenvalue weighted by Gasteiger charge is 2.11. The summed E-state index contributed by atoms with van der Waals surface area (Å²) in [4.78, 5) is 10.9. The van der Waals surface area contributed by atoms with Gasteiger partial charge in [-0.2, -0.15) is 0 Å². The first-order chi connectivity index (χ1) is 7.52. The Hall–Kier alpha value is -1.42. The molecule has 0 spiro atoms. The van der Waals surface area contributed by atoms with Crippen LogP contribution in [0.1, 0.15) is 13.3 Å². The van der Waals surface area contributed by atoms with Crippen LogP contribution in [0.2, 0.25) is 0 Å². The van der Waals surface area contributed by atoms with E-state index < -0.39 is 9.84 Å². The molecule has 0 fully saturated rings. The maximum absolute atomic E-state index is 11.8. The lowest BCUT2D eigenvalue weighted by molar-refractivity contribution is -0.112. The first-order valence-corrected chi connectivity index (χ1v) is 6.62. The van der Waals surface area contributed by atoms with Crippen molar-refractivity contribution in [2.75, 3.05) is 5.75 Å². The first kappa shape index (κ1) is 12.6. The van der Waals surface area contributed by atoms with E-state index in [4.69, 9.17) is 0 Å². The molecule has 0 N–H and O–H groups in total. The summed E-state index contributed by atoms with van der Waals surface area (Å²) in [6.45, 7) is 1.43. The molecular weight excluding hydrogens is 224 g/mol. The SMILES string of the molecule is CC(=O)/C=C/CCS(=O)(=O)c1ccccc1. The minimum Gasteiger partial charge on any atom is -0.295 e. The molecule has 0 unspecified atom stereocenters. The van der Waals surface area contributed by atoms with Gasteiger partial charge in [-0.1, -0.05) is 24.3 Å². The van der Waals surface area contributed by atoms with Crippen molar-refractivity contribution in [3.05, 3.63) is 42.5 Å². The topological polar surface area (TPSA) is 51.2 Å². The van der Waals surface area contributed by atoms with Gasteiger partial charge in [-0.15, -0.1) is 0 Å². The molecule has 0 aliphatic rings. The van der Waals surface area contributed by atoms with Gasteiger partial charge in [-0.25, -0.2) is 8.42 Å². The molecule has 1 aromatic rings. The summed E-state index contributed by atoms with van der Waals surface area (Å²) in [5.74, 6) is -0.0436. The highest BCUT2D eigenvalue weighted by Crippen LogP contribution is 2.11. The maximum atomic E-state index is 11.8. The van der Waals surface area contributed by atoms with Crippen LogP contribution in [0.3, 0.4) is 0 Å². The van der Waals surface area contributed by atoms with Gasteiger partial charge in [-0.3, -0.25) is 4.79 Å². The van der Waals surface area contributed by atoms with Crippen molar-refractivity contribution in [2.24, 2.45) is 0 Å². The highest BCUT2D eigenvalue weighted by atomic mass is 32.2. The standard InChI is InChI=1S/C12H14O3S/c1-11(13)7-5-6-10-16(14,15)12-8-3-2-4-9-12/h2-5,7-9H,6,10H2,1H3/b7-5+. The van der Waals surface area contributed by atoms with Gasteiger partial charge >= 0.3 is 0 Å². The van der Waals surface area contributed by atoms with E-state index in [0.29, 0.717) is 11.3 Å². The Morgan fingerprint density at radius 2 is 1.88 bits per heavy atom. The molecule has 1 rings (SSSR count). The second-order valence-electron chi connectivity index (χ2n) is 3.43. The molecule has 0 bridgehead atoms. The number of carbonyl (C=O) groups excluding carboxylic acids is 1. The summed E-state index contributed by atoms with van der Waals surface area (Å²) in [7, 11) is -3.22. The Balaban J connectivity index is 2.64. The molecule has 0 saturated heterocycles. The zero-order valence-electron chi connectivity index (χ0n) is 9.09. The van der Waals surface area contributed by atoms with Crippen molar-refractivity contribution in [1.29, 1.82) is 0 Å². The van der Waals surface area contributed by atoms with E-state index in [0.717, 1.165) is 0 Å². The van der Waals surface area contributed by atoms with Crippen LogP contribution >= 0.6 is 0 Å². The molecule has 16 heavy (non-hydrogen) atoms. The van der Waals surface area contributed by atoms with Crippen LogP contribution in [0.25, 0.3) is 0 Å². The molecule has 3 nitrogen and oxygen atoms in total. The summed E-state index contributed by atoms with van der Waals surface area (Å²) in [5, 5.41) is 0. The summed E-state index contributed by atoms with van der Waals surface area (Å²) in [5.41, 5.74) is 0. The Morgan fingerprint density at radius 3 is 2.44 bits per heavy atom. The second kappa shape index (κ2) is 5.61. The van der Waals surface area contributed by atoms with Crippen molar-refractivity contribution in [1.82, 2.24) is 0 Å². The predicted octanol–water partition coefficient (Wildman–Crippen LogP) is 2.00. The molecule has 0 aliphatic carbocycles. The van der Waals surface area contributed by atoms with Crippen LogP contribution in [0.5, 0.6) is 0 Å². The second-order valence-corrected chi connectivity index (χ2v) is 5.54. The van der Waals surface area contributed by atoms with Gasteiger partial charge in [0, 0.05) is 0 Å². The van der Waals surface area contributed by atoms with E-state index in [1.165, 1.54) is 13.0 Å². The van der Waals surface area contributed by atoms with Crippen molar-refractivity contribution >= 4 is 15.6 Å². The largest absolute Gasteiger partial charge is 0.295 e. The minimum absolute atomic E-state index is 0.0286. The fraction of sp³-hybridized carbons (Fsp3) is 0.250. The summed E-state index contributed by atoms with van der Waals surface area (Å²) >= 11 is 0. The van der Waals surface area contributed by atoms with Gasteiger partial charge in [-0.05, 0) is 31.6 Å². The third-order valence-electron chi connectivity index (χ3n) is 2.01. The Bertz CT molecular complexity index is 472. The number of rotatable bonds is 5. The Kier molecular flexibility index (Phi) is 4.43. The zero-order valence-corrected chi connectivity index (χ0v) is 9.91. The molecule has 0 saturated carbocycles. The fourth-order valence-corrected chi connectivity index (χ4v) is 2.47. The van der Waals surface area contributed by atoms with Crippen molar-refractivity contribution < 1.29 is 13.2 Å². The molecule has 0 amide bonds. The monoisotopic (exact) mass is 238 g/mol. The lowest BCUT2D eigenvalue weighted by Crippen LogP contribution is -2.05. The molecule has 0 aromatic heterocycles. The van der Waals surface area contributed by atoms with Gasteiger partial charge in [0.15, 0.2) is 15.6 Å². The lowest BCUT2D eigenvalue weighted by atomic mass is 10.3. The van der Waals surface area contributed by atoms with Crippen LogP contribution in [0, 0.1) is 0 Å². The van der Waals surface area contributed by atoms with Crippen LogP contribution < -0.4 is 0 Å². The number of sulfone groups is 1. The third-order valence-corrected chi connectivity index (χ3v) is 3.77. The molecule has 0 radical (unpaired) electrons. The quantitative estimate of drug-likeness (QED) is 0.737. The molecular formula is C12H14O3S. The van der Waals surface area contributed by atoms with Crippen molar-refractivity contribution in [2.45, 2.75) is 18.2 Å². The normalized spacial score (nSPS) is 11.8. The van der Waals surface area contributed by atoms with Gasteiger partial charge in [0.1, 0.15) is 0 Å². The Morgan fingerprint density at radius 1 is 1.25 bits per heavy atom. The van der Waals surface area contributed by atoms with E-state index in [-0.39, 0.29) is 11.5 Å². The zero-order chi connectivity index (χ0) is 12.0. The van der Waals surface area contributed by atoms with Crippen LogP contribution in [-0.2, 0) is 14.6 Å². The number of hydrogen-bond acceptors (Lipinski definition) is 3. The van der Waals surface area contributed by atoms with Gasteiger partial charge in [0.2, 0.25) is 0 Å². The van der Waals surface area contributed by atoms with Gasteiger partial charge < -0.3 is 0 Å². The van der Waals surface area contributed by atoms with E-state index >= 15 is 0 Å². The van der Waals surface area contributed by atoms with E-state index in [1.54, 1.807) is 36.4 Å². The van der Waals surface area contributed by atoms with Crippen LogP contribution in [0.15, 0.2) is 47.4 Å². The number of carbonyl (C=O) groups is 1. The van der Waals surface area contributed by atoms with E-state index in [2.05, 4.69) is 0 Å². The fourth-order valence-electron chi connectivity index (χ4n) is 1.22. The smallest absolute Gasteiger partial charge is 0.178 e.